The third-order valence-electron chi connectivity index (χ3n) is 5.18. The lowest BCUT2D eigenvalue weighted by Gasteiger charge is -2.20. The first kappa shape index (κ1) is 22.7. The van der Waals surface area contributed by atoms with Crippen LogP contribution in [0.4, 0.5) is 4.79 Å². The lowest BCUT2D eigenvalue weighted by atomic mass is 10.00. The molecule has 10 heteroatoms. The lowest BCUT2D eigenvalue weighted by molar-refractivity contribution is -0.00545. The maximum Gasteiger partial charge on any atom is 0.420 e. The molecule has 1 aliphatic carbocycles. The van der Waals surface area contributed by atoms with Crippen LogP contribution >= 0.6 is 22.9 Å². The van der Waals surface area contributed by atoms with Crippen molar-refractivity contribution in [3.05, 3.63) is 35.0 Å². The van der Waals surface area contributed by atoms with Gasteiger partial charge in [-0.15, -0.1) is 0 Å². The second kappa shape index (κ2) is 8.14. The number of hydroxylamine groups is 1. The highest BCUT2D eigenvalue weighted by Gasteiger charge is 2.35. The summed E-state index contributed by atoms with van der Waals surface area (Å²) in [5.41, 5.74) is 2.72. The first-order valence-corrected chi connectivity index (χ1v) is 11.3. The van der Waals surface area contributed by atoms with Gasteiger partial charge in [0.25, 0.3) is 5.91 Å². The highest BCUT2D eigenvalue weighted by molar-refractivity contribution is 14.1. The lowest BCUT2D eigenvalue weighted by Crippen LogP contribution is -2.28. The van der Waals surface area contributed by atoms with Crippen molar-refractivity contribution in [2.75, 3.05) is 7.11 Å². The number of carbonyl (C=O) groups is 2. The molecule has 0 saturated heterocycles. The quantitative estimate of drug-likeness (QED) is 0.245. The average molecular weight is 552 g/mol. The number of aryl methyl sites for hydroxylation is 2. The maximum atomic E-state index is 13.2. The number of rotatable bonds is 4. The summed E-state index contributed by atoms with van der Waals surface area (Å²) < 4.78 is 13.6. The van der Waals surface area contributed by atoms with Gasteiger partial charge in [0.2, 0.25) is 0 Å². The Morgan fingerprint density at radius 2 is 1.94 bits per heavy atom. The molecule has 0 radical (unpaired) electrons. The van der Waals surface area contributed by atoms with Crippen molar-refractivity contribution in [1.29, 1.82) is 0 Å². The third kappa shape index (κ3) is 4.13. The van der Waals surface area contributed by atoms with Crippen molar-refractivity contribution in [2.45, 2.75) is 59.0 Å². The van der Waals surface area contributed by atoms with E-state index >= 15 is 0 Å². The van der Waals surface area contributed by atoms with Crippen LogP contribution in [-0.4, -0.2) is 42.7 Å². The molecule has 0 atom stereocenters. The smallest absolute Gasteiger partial charge is 0.420 e. The fourth-order valence-corrected chi connectivity index (χ4v) is 3.95. The van der Waals surface area contributed by atoms with Gasteiger partial charge in [0.05, 0.1) is 46.7 Å². The molecule has 4 rings (SSSR count). The maximum absolute atomic E-state index is 13.2. The van der Waals surface area contributed by atoms with Gasteiger partial charge in [0.15, 0.2) is 0 Å². The Morgan fingerprint density at radius 3 is 2.47 bits per heavy atom. The van der Waals surface area contributed by atoms with Gasteiger partial charge in [0.1, 0.15) is 22.7 Å². The first-order valence-electron chi connectivity index (χ1n) is 10.3. The van der Waals surface area contributed by atoms with E-state index in [4.69, 9.17) is 19.1 Å². The van der Waals surface area contributed by atoms with Gasteiger partial charge in [0, 0.05) is 11.5 Å². The Balaban J connectivity index is 2.03. The predicted octanol–water partition coefficient (Wildman–Crippen LogP) is 5.32. The van der Waals surface area contributed by atoms with Crippen molar-refractivity contribution in [3.8, 4) is 11.1 Å². The summed E-state index contributed by atoms with van der Waals surface area (Å²) in [4.78, 5) is 36.3. The molecule has 1 amide bonds. The number of aromatic nitrogens is 3. The summed E-state index contributed by atoms with van der Waals surface area (Å²) in [7, 11) is 1.41. The van der Waals surface area contributed by atoms with Gasteiger partial charge < -0.3 is 9.26 Å². The molecule has 1 aliphatic rings. The summed E-state index contributed by atoms with van der Waals surface area (Å²) in [5, 5.41) is 4.04. The number of hydrogen-bond donors (Lipinski definition) is 0. The topological polar surface area (TPSA) is 99.7 Å². The number of hydrogen-bond acceptors (Lipinski definition) is 7. The Morgan fingerprint density at radius 1 is 1.25 bits per heavy atom. The van der Waals surface area contributed by atoms with Gasteiger partial charge in [-0.3, -0.25) is 9.63 Å². The normalized spacial score (nSPS) is 14.1. The van der Waals surface area contributed by atoms with E-state index in [1.165, 1.54) is 11.7 Å². The van der Waals surface area contributed by atoms with Crippen molar-refractivity contribution in [3.63, 3.8) is 0 Å². The number of halogens is 1. The van der Waals surface area contributed by atoms with Crippen LogP contribution in [0.1, 0.15) is 67.2 Å². The van der Waals surface area contributed by atoms with Crippen molar-refractivity contribution >= 4 is 45.9 Å². The minimum Gasteiger partial charge on any atom is -0.443 e. The van der Waals surface area contributed by atoms with E-state index in [-0.39, 0.29) is 11.8 Å². The largest absolute Gasteiger partial charge is 0.443 e. The zero-order chi connectivity index (χ0) is 23.4. The Kier molecular flexibility index (Phi) is 5.78. The molecule has 0 spiro atoms. The van der Waals surface area contributed by atoms with E-state index in [1.54, 1.807) is 28.9 Å². The minimum absolute atomic E-state index is 0.151. The van der Waals surface area contributed by atoms with Gasteiger partial charge in [-0.2, -0.15) is 3.28 Å². The molecule has 1 fully saturated rings. The number of amides is 1. The number of benzene rings is 1. The molecule has 170 valence electrons. The molecular weight excluding hydrogens is 527 g/mol. The number of carbonyl (C=O) groups excluding carboxylic acids is 2. The second-order valence-electron chi connectivity index (χ2n) is 8.88. The Bertz CT molecular complexity index is 1200. The summed E-state index contributed by atoms with van der Waals surface area (Å²) >= 11 is 1.78. The van der Waals surface area contributed by atoms with Crippen LogP contribution in [0.15, 0.2) is 16.7 Å². The highest BCUT2D eigenvalue weighted by atomic mass is 127. The number of imidazole rings is 1. The highest BCUT2D eigenvalue weighted by Crippen LogP contribution is 2.42. The molecular formula is C22H25IN4O5. The first-order chi connectivity index (χ1) is 15.0. The molecule has 1 aromatic carbocycles. The molecule has 0 aliphatic heterocycles. The van der Waals surface area contributed by atoms with Crippen LogP contribution in [0, 0.1) is 13.8 Å². The van der Waals surface area contributed by atoms with Gasteiger partial charge in [-0.1, -0.05) is 5.16 Å². The summed E-state index contributed by atoms with van der Waals surface area (Å²) in [6.07, 6.45) is 1.35. The van der Waals surface area contributed by atoms with Gasteiger partial charge in [-0.05, 0) is 65.2 Å². The van der Waals surface area contributed by atoms with E-state index in [1.807, 2.05) is 40.7 Å². The van der Waals surface area contributed by atoms with Gasteiger partial charge >= 0.3 is 6.09 Å². The summed E-state index contributed by atoms with van der Waals surface area (Å²) in [5.74, 6) is 0.988. The molecule has 2 heterocycles. The fraction of sp³-hybridized carbons (Fsp3) is 0.455. The molecule has 2 aromatic heterocycles. The van der Waals surface area contributed by atoms with Crippen LogP contribution < -0.4 is 0 Å². The fourth-order valence-electron chi connectivity index (χ4n) is 3.69. The zero-order valence-electron chi connectivity index (χ0n) is 18.9. The summed E-state index contributed by atoms with van der Waals surface area (Å²) in [6, 6.07) is 3.58. The van der Waals surface area contributed by atoms with Crippen molar-refractivity contribution < 1.29 is 23.7 Å². The third-order valence-corrected chi connectivity index (χ3v) is 6.01. The molecule has 0 unspecified atom stereocenters. The number of ether oxygens (including phenoxy) is 1. The number of nitrogens with zero attached hydrogens (tertiary/aromatic N) is 4. The molecule has 1 saturated carbocycles. The molecule has 3 aromatic rings. The average Bonchev–Trinajstić information content (AvgIpc) is 3.41. The van der Waals surface area contributed by atoms with Crippen LogP contribution in [0.5, 0.6) is 0 Å². The standard InChI is InChI=1S/C22H25IN4O5/c1-11-17(12(2)32-25-11)14-9-15(20(28)27(23)30-6)18-16(10-14)26(19(24-18)13-7-8-13)21(29)31-22(3,4)5/h9-10,13H,7-8H2,1-6H3. The zero-order valence-corrected chi connectivity index (χ0v) is 21.0. The monoisotopic (exact) mass is 552 g/mol. The number of fused-ring (bicyclic) bond motifs is 1. The van der Waals surface area contributed by atoms with Gasteiger partial charge in [-0.25, -0.2) is 14.3 Å². The van der Waals surface area contributed by atoms with Crippen LogP contribution in [0.3, 0.4) is 0 Å². The van der Waals surface area contributed by atoms with E-state index in [9.17, 15) is 9.59 Å². The SMILES string of the molecule is CON(I)C(=O)c1cc(-c2c(C)noc2C)cc2c1nc(C1CC1)n2C(=O)OC(C)(C)C. The van der Waals surface area contributed by atoms with Crippen molar-refractivity contribution in [1.82, 2.24) is 18.0 Å². The molecule has 9 nitrogen and oxygen atoms in total. The Labute approximate surface area is 199 Å². The van der Waals surface area contributed by atoms with Crippen LogP contribution in [0.2, 0.25) is 0 Å². The predicted molar refractivity (Wildman–Crippen MR) is 126 cm³/mol. The van der Waals surface area contributed by atoms with Crippen molar-refractivity contribution in [2.24, 2.45) is 0 Å². The van der Waals surface area contributed by atoms with Crippen LogP contribution in [0.25, 0.3) is 22.2 Å². The minimum atomic E-state index is -0.679. The molecule has 32 heavy (non-hydrogen) atoms. The Hall–Kier alpha value is -2.47. The summed E-state index contributed by atoms with van der Waals surface area (Å²) in [6.45, 7) is 9.09. The molecule has 0 N–H and O–H groups in total. The van der Waals surface area contributed by atoms with E-state index in [0.29, 0.717) is 39.4 Å². The van der Waals surface area contributed by atoms with E-state index in [0.717, 1.165) is 21.7 Å². The van der Waals surface area contributed by atoms with Crippen LogP contribution in [-0.2, 0) is 9.57 Å². The van der Waals surface area contributed by atoms with E-state index < -0.39 is 11.7 Å². The molecule has 0 bridgehead atoms. The van der Waals surface area contributed by atoms with E-state index in [2.05, 4.69) is 5.16 Å². The second-order valence-corrected chi connectivity index (χ2v) is 9.76.